The number of anilines is 4. The van der Waals surface area contributed by atoms with E-state index in [1.54, 1.807) is 6.20 Å². The Balaban J connectivity index is 0.00000384. The SMILES string of the molecule is Cl.NC(=O)c1ncc(N2CCC[C@@H](NC(=O)Nc3ccccc3)C2)nc1Nc1ccc(C2CCN(C3CCCC3)CC2)cc1. The number of primary amides is 1. The lowest BCUT2D eigenvalue weighted by Crippen LogP contribution is -2.49. The third kappa shape index (κ3) is 7.78. The Labute approximate surface area is 265 Å². The molecule has 0 spiro atoms. The fraction of sp³-hybridized carbons (Fsp3) is 0.455. The number of amides is 3. The number of hydrogen-bond donors (Lipinski definition) is 4. The lowest BCUT2D eigenvalue weighted by atomic mass is 9.88. The standard InChI is InChI=1S/C33H42N8O2.ClH/c34-31(42)30-32(36-26-14-12-23(13-15-26)24-16-19-40(20-17-24)28-10-4-5-11-28)39-29(21-35-30)41-18-6-9-27(22-41)38-33(43)37-25-7-2-1-3-8-25;/h1-3,7-8,12-15,21,24,27-28H,4-6,9-11,16-20,22H2,(H2,34,42)(H,36,39)(H2,37,38,43);1H/t27-;/m1./s1. The fourth-order valence-corrected chi connectivity index (χ4v) is 6.82. The van der Waals surface area contributed by atoms with E-state index in [-0.39, 0.29) is 30.2 Å². The minimum atomic E-state index is -0.636. The van der Waals surface area contributed by atoms with Crippen molar-refractivity contribution < 1.29 is 9.59 Å². The Hall–Kier alpha value is -3.89. The molecule has 3 aliphatic rings. The summed E-state index contributed by atoms with van der Waals surface area (Å²) in [5.74, 6) is 0.905. The number of para-hydroxylation sites is 1. The number of urea groups is 1. The smallest absolute Gasteiger partial charge is 0.319 e. The normalized spacial score (nSPS) is 19.6. The fourth-order valence-electron chi connectivity index (χ4n) is 6.82. The Bertz CT molecular complexity index is 1390. The molecule has 2 aliphatic heterocycles. The van der Waals surface area contributed by atoms with Crippen LogP contribution in [0.3, 0.4) is 0 Å². The maximum Gasteiger partial charge on any atom is 0.319 e. The molecule has 2 aromatic carbocycles. The Kier molecular flexibility index (Phi) is 10.6. The number of halogens is 1. The summed E-state index contributed by atoms with van der Waals surface area (Å²) in [5, 5.41) is 9.23. The van der Waals surface area contributed by atoms with E-state index in [9.17, 15) is 9.59 Å². The highest BCUT2D eigenvalue weighted by molar-refractivity contribution is 5.96. The largest absolute Gasteiger partial charge is 0.364 e. The molecule has 234 valence electrons. The number of carbonyl (C=O) groups excluding carboxylic acids is 2. The molecule has 1 aliphatic carbocycles. The van der Waals surface area contributed by atoms with Gasteiger partial charge in [0, 0.05) is 36.5 Å². The highest BCUT2D eigenvalue weighted by Gasteiger charge is 2.28. The van der Waals surface area contributed by atoms with Gasteiger partial charge in [-0.15, -0.1) is 12.4 Å². The van der Waals surface area contributed by atoms with Crippen molar-refractivity contribution >= 4 is 47.4 Å². The van der Waals surface area contributed by atoms with Crippen LogP contribution >= 0.6 is 12.4 Å². The number of hydrogen-bond acceptors (Lipinski definition) is 7. The Morgan fingerprint density at radius 2 is 1.57 bits per heavy atom. The predicted octanol–water partition coefficient (Wildman–Crippen LogP) is 5.65. The van der Waals surface area contributed by atoms with Crippen molar-refractivity contribution in [3.05, 3.63) is 72.1 Å². The predicted molar refractivity (Wildman–Crippen MR) is 177 cm³/mol. The summed E-state index contributed by atoms with van der Waals surface area (Å²) in [6, 6.07) is 18.3. The first-order chi connectivity index (χ1) is 21.0. The Morgan fingerprint density at radius 3 is 2.27 bits per heavy atom. The molecule has 5 N–H and O–H groups in total. The van der Waals surface area contributed by atoms with E-state index >= 15 is 0 Å². The van der Waals surface area contributed by atoms with Crippen molar-refractivity contribution in [2.45, 2.75) is 69.4 Å². The van der Waals surface area contributed by atoms with Crippen molar-refractivity contribution in [2.75, 3.05) is 41.7 Å². The van der Waals surface area contributed by atoms with Gasteiger partial charge in [0.1, 0.15) is 5.82 Å². The van der Waals surface area contributed by atoms with E-state index in [0.29, 0.717) is 24.1 Å². The summed E-state index contributed by atoms with van der Waals surface area (Å²) in [7, 11) is 0. The third-order valence-electron chi connectivity index (χ3n) is 9.12. The quantitative estimate of drug-likeness (QED) is 0.257. The van der Waals surface area contributed by atoms with Crippen LogP contribution in [0.25, 0.3) is 0 Å². The summed E-state index contributed by atoms with van der Waals surface area (Å²) in [5.41, 5.74) is 8.69. The molecule has 6 rings (SSSR count). The van der Waals surface area contributed by atoms with Crippen LogP contribution in [0.4, 0.5) is 27.8 Å². The number of likely N-dealkylation sites (tertiary alicyclic amines) is 1. The van der Waals surface area contributed by atoms with Gasteiger partial charge in [-0.1, -0.05) is 43.2 Å². The van der Waals surface area contributed by atoms with E-state index in [4.69, 9.17) is 10.7 Å². The van der Waals surface area contributed by atoms with Crippen LogP contribution in [0.5, 0.6) is 0 Å². The lowest BCUT2D eigenvalue weighted by Gasteiger charge is -2.36. The topological polar surface area (TPSA) is 129 Å². The Morgan fingerprint density at radius 1 is 0.841 bits per heavy atom. The van der Waals surface area contributed by atoms with Crippen LogP contribution in [-0.4, -0.2) is 65.1 Å². The zero-order valence-electron chi connectivity index (χ0n) is 25.1. The van der Waals surface area contributed by atoms with Crippen molar-refractivity contribution in [1.82, 2.24) is 20.2 Å². The second-order valence-electron chi connectivity index (χ2n) is 12.0. The van der Waals surface area contributed by atoms with Crippen LogP contribution in [0.2, 0.25) is 0 Å². The van der Waals surface area contributed by atoms with E-state index in [1.165, 1.54) is 57.2 Å². The molecule has 11 heteroatoms. The van der Waals surface area contributed by atoms with Crippen LogP contribution in [0.15, 0.2) is 60.8 Å². The van der Waals surface area contributed by atoms with Crippen LogP contribution < -0.4 is 26.6 Å². The van der Waals surface area contributed by atoms with Gasteiger partial charge >= 0.3 is 6.03 Å². The number of piperidine rings is 2. The van der Waals surface area contributed by atoms with Gasteiger partial charge in [-0.3, -0.25) is 4.79 Å². The van der Waals surface area contributed by atoms with Crippen molar-refractivity contribution in [2.24, 2.45) is 5.73 Å². The molecule has 3 fully saturated rings. The molecule has 0 bridgehead atoms. The minimum absolute atomic E-state index is 0. The molecular formula is C33H43ClN8O2. The van der Waals surface area contributed by atoms with Crippen molar-refractivity contribution in [1.29, 1.82) is 0 Å². The van der Waals surface area contributed by atoms with Gasteiger partial charge in [-0.05, 0) is 87.4 Å². The van der Waals surface area contributed by atoms with E-state index < -0.39 is 5.91 Å². The molecule has 0 unspecified atom stereocenters. The summed E-state index contributed by atoms with van der Waals surface area (Å²) < 4.78 is 0. The monoisotopic (exact) mass is 618 g/mol. The lowest BCUT2D eigenvalue weighted by molar-refractivity contribution is 0.0996. The molecule has 1 saturated carbocycles. The molecule has 3 heterocycles. The number of nitrogens with zero attached hydrogens (tertiary/aromatic N) is 4. The van der Waals surface area contributed by atoms with Gasteiger partial charge < -0.3 is 31.5 Å². The van der Waals surface area contributed by atoms with Crippen LogP contribution in [0.1, 0.15) is 73.3 Å². The summed E-state index contributed by atoms with van der Waals surface area (Å²) in [4.78, 5) is 38.7. The molecular weight excluding hydrogens is 576 g/mol. The number of benzene rings is 2. The maximum atomic E-state index is 12.6. The second kappa shape index (κ2) is 14.7. The van der Waals surface area contributed by atoms with E-state index in [1.807, 2.05) is 42.5 Å². The zero-order valence-corrected chi connectivity index (χ0v) is 25.9. The number of carbonyl (C=O) groups is 2. The molecule has 3 amide bonds. The first kappa shape index (κ1) is 31.5. The molecule has 1 atom stereocenters. The van der Waals surface area contributed by atoms with Crippen LogP contribution in [0, 0.1) is 0 Å². The first-order valence-corrected chi connectivity index (χ1v) is 15.7. The molecule has 10 nitrogen and oxygen atoms in total. The van der Waals surface area contributed by atoms with Crippen LogP contribution in [-0.2, 0) is 0 Å². The molecule has 2 saturated heterocycles. The van der Waals surface area contributed by atoms with Gasteiger partial charge in [0.15, 0.2) is 11.5 Å². The van der Waals surface area contributed by atoms with Gasteiger partial charge in [0.25, 0.3) is 5.91 Å². The highest BCUT2D eigenvalue weighted by Crippen LogP contribution is 2.33. The second-order valence-corrected chi connectivity index (χ2v) is 12.0. The highest BCUT2D eigenvalue weighted by atomic mass is 35.5. The van der Waals surface area contributed by atoms with Crippen molar-refractivity contribution in [3.8, 4) is 0 Å². The summed E-state index contributed by atoms with van der Waals surface area (Å²) in [6.07, 6.45) is 11.2. The number of rotatable bonds is 8. The number of aromatic nitrogens is 2. The maximum absolute atomic E-state index is 12.6. The number of nitrogens with one attached hydrogen (secondary N) is 3. The third-order valence-corrected chi connectivity index (χ3v) is 9.12. The van der Waals surface area contributed by atoms with E-state index in [2.05, 4.69) is 42.9 Å². The summed E-state index contributed by atoms with van der Waals surface area (Å²) >= 11 is 0. The summed E-state index contributed by atoms with van der Waals surface area (Å²) in [6.45, 7) is 3.73. The van der Waals surface area contributed by atoms with Gasteiger partial charge in [0.05, 0.1) is 6.20 Å². The van der Waals surface area contributed by atoms with E-state index in [0.717, 1.165) is 36.8 Å². The van der Waals surface area contributed by atoms with Gasteiger partial charge in [0.2, 0.25) is 0 Å². The zero-order chi connectivity index (χ0) is 29.6. The molecule has 0 radical (unpaired) electrons. The number of nitrogens with two attached hydrogens (primary N) is 1. The van der Waals surface area contributed by atoms with Gasteiger partial charge in [-0.25, -0.2) is 14.8 Å². The molecule has 44 heavy (non-hydrogen) atoms. The molecule has 3 aromatic rings. The average molecular weight is 619 g/mol. The first-order valence-electron chi connectivity index (χ1n) is 15.7. The average Bonchev–Trinajstić information content (AvgIpc) is 3.57. The molecule has 1 aromatic heterocycles. The minimum Gasteiger partial charge on any atom is -0.364 e. The van der Waals surface area contributed by atoms with Crippen molar-refractivity contribution in [3.63, 3.8) is 0 Å². The van der Waals surface area contributed by atoms with Gasteiger partial charge in [-0.2, -0.15) is 0 Å².